The third kappa shape index (κ3) is 4.85. The second kappa shape index (κ2) is 6.70. The summed E-state index contributed by atoms with van der Waals surface area (Å²) in [6.45, 7) is 1.31. The summed E-state index contributed by atoms with van der Waals surface area (Å²) in [5.74, 6) is -3.17. The summed E-state index contributed by atoms with van der Waals surface area (Å²) in [7, 11) is 0. The molecule has 2 N–H and O–H groups in total. The lowest BCUT2D eigenvalue weighted by Crippen LogP contribution is -2.32. The molecule has 1 aromatic rings. The van der Waals surface area contributed by atoms with E-state index in [0.29, 0.717) is 18.2 Å². The van der Waals surface area contributed by atoms with Crippen LogP contribution in [0, 0.1) is 5.82 Å². The summed E-state index contributed by atoms with van der Waals surface area (Å²) in [5.41, 5.74) is 4.72. The molecule has 1 rings (SSSR count). The number of hydrogen-bond donors (Lipinski definition) is 1. The zero-order valence-corrected chi connectivity index (χ0v) is 10.8. The number of esters is 1. The highest BCUT2D eigenvalue weighted by atomic mass is 19.4. The smallest absolute Gasteiger partial charge is 0.464 e. The Morgan fingerprint density at radius 2 is 2.00 bits per heavy atom. The van der Waals surface area contributed by atoms with Crippen molar-refractivity contribution in [1.29, 1.82) is 0 Å². The molecule has 118 valence electrons. The summed E-state index contributed by atoms with van der Waals surface area (Å²) in [6, 6.07) is 0.102. The Balaban J connectivity index is 3.00. The summed E-state index contributed by atoms with van der Waals surface area (Å²) in [5, 5.41) is 0. The Morgan fingerprint density at radius 3 is 2.52 bits per heavy atom. The molecule has 1 unspecified atom stereocenters. The van der Waals surface area contributed by atoms with Crippen LogP contribution in [-0.4, -0.2) is 25.1 Å². The van der Waals surface area contributed by atoms with Gasteiger partial charge >= 0.3 is 12.3 Å². The van der Waals surface area contributed by atoms with Crippen LogP contribution in [0.5, 0.6) is 5.75 Å². The van der Waals surface area contributed by atoms with Gasteiger partial charge in [-0.05, 0) is 25.1 Å². The molecule has 0 aliphatic heterocycles. The third-order valence-electron chi connectivity index (χ3n) is 2.39. The lowest BCUT2D eigenvalue weighted by Gasteiger charge is -2.18. The van der Waals surface area contributed by atoms with Crippen molar-refractivity contribution in [2.75, 3.05) is 6.61 Å². The zero-order chi connectivity index (χ0) is 16.2. The van der Waals surface area contributed by atoms with Gasteiger partial charge < -0.3 is 15.2 Å². The fraction of sp³-hybridized carbons (Fsp3) is 0.417. The lowest BCUT2D eigenvalue weighted by molar-refractivity contribution is -0.274. The standard InChI is InChI=1S/C12H12F5NO3/c1-2-20-11(19)9(14)10(18)7-5-6(3-4-8(7)13)21-12(15,16)17/h3-5,9-10H,2,18H2,1H3/t9?,10-/m0/s1. The van der Waals surface area contributed by atoms with Crippen molar-refractivity contribution < 1.29 is 36.2 Å². The first-order chi connectivity index (χ1) is 9.65. The first-order valence-corrected chi connectivity index (χ1v) is 5.77. The number of rotatable bonds is 5. The number of halogens is 5. The fourth-order valence-corrected chi connectivity index (χ4v) is 1.50. The number of alkyl halides is 4. The molecule has 4 nitrogen and oxygen atoms in total. The molecule has 0 fully saturated rings. The van der Waals surface area contributed by atoms with E-state index >= 15 is 0 Å². The Bertz CT molecular complexity index is 506. The molecule has 2 atom stereocenters. The highest BCUT2D eigenvalue weighted by molar-refractivity contribution is 5.75. The average Bonchev–Trinajstić information content (AvgIpc) is 2.38. The summed E-state index contributed by atoms with van der Waals surface area (Å²) in [6.07, 6.45) is -7.41. The van der Waals surface area contributed by atoms with Gasteiger partial charge in [0.1, 0.15) is 11.6 Å². The first-order valence-electron chi connectivity index (χ1n) is 5.77. The van der Waals surface area contributed by atoms with Crippen molar-refractivity contribution >= 4 is 5.97 Å². The second-order valence-corrected chi connectivity index (χ2v) is 3.91. The Hall–Kier alpha value is -1.90. The Labute approximate surface area is 116 Å². The van der Waals surface area contributed by atoms with E-state index in [-0.39, 0.29) is 6.61 Å². The highest BCUT2D eigenvalue weighted by Crippen LogP contribution is 2.28. The molecular formula is C12H12F5NO3. The monoisotopic (exact) mass is 313 g/mol. The van der Waals surface area contributed by atoms with E-state index in [9.17, 15) is 26.7 Å². The number of nitrogens with two attached hydrogens (primary N) is 1. The van der Waals surface area contributed by atoms with Gasteiger partial charge in [0.05, 0.1) is 12.6 Å². The first kappa shape index (κ1) is 17.2. The molecule has 0 amide bonds. The summed E-state index contributed by atoms with van der Waals surface area (Å²) in [4.78, 5) is 11.2. The van der Waals surface area contributed by atoms with Crippen LogP contribution < -0.4 is 10.5 Å². The molecule has 1 aromatic carbocycles. The molecule has 0 aliphatic carbocycles. The predicted molar refractivity (Wildman–Crippen MR) is 61.5 cm³/mol. The van der Waals surface area contributed by atoms with Gasteiger partial charge in [-0.1, -0.05) is 0 Å². The number of carbonyl (C=O) groups is 1. The lowest BCUT2D eigenvalue weighted by atomic mass is 10.0. The van der Waals surface area contributed by atoms with E-state index in [2.05, 4.69) is 9.47 Å². The molecule has 0 bridgehead atoms. The van der Waals surface area contributed by atoms with Gasteiger partial charge in [-0.25, -0.2) is 13.6 Å². The van der Waals surface area contributed by atoms with Crippen LogP contribution in [0.15, 0.2) is 18.2 Å². The normalized spacial score (nSPS) is 14.4. The van der Waals surface area contributed by atoms with E-state index in [0.717, 1.165) is 0 Å². The van der Waals surface area contributed by atoms with Gasteiger partial charge in [-0.2, -0.15) is 0 Å². The largest absolute Gasteiger partial charge is 0.573 e. The van der Waals surface area contributed by atoms with Crippen molar-refractivity contribution in [3.63, 3.8) is 0 Å². The average molecular weight is 313 g/mol. The van der Waals surface area contributed by atoms with Gasteiger partial charge in [-0.3, -0.25) is 0 Å². The van der Waals surface area contributed by atoms with Gasteiger partial charge in [0.2, 0.25) is 6.17 Å². The van der Waals surface area contributed by atoms with Crippen LogP contribution in [0.3, 0.4) is 0 Å². The number of hydrogen-bond acceptors (Lipinski definition) is 4. The fourth-order valence-electron chi connectivity index (χ4n) is 1.50. The van der Waals surface area contributed by atoms with Crippen molar-refractivity contribution in [3.8, 4) is 5.75 Å². The number of benzene rings is 1. The topological polar surface area (TPSA) is 61.5 Å². The van der Waals surface area contributed by atoms with E-state index in [1.807, 2.05) is 0 Å². The van der Waals surface area contributed by atoms with Gasteiger partial charge in [0.15, 0.2) is 0 Å². The number of carbonyl (C=O) groups excluding carboxylic acids is 1. The Morgan fingerprint density at radius 1 is 1.38 bits per heavy atom. The van der Waals surface area contributed by atoms with Crippen molar-refractivity contribution in [3.05, 3.63) is 29.6 Å². The molecular weight excluding hydrogens is 301 g/mol. The molecule has 21 heavy (non-hydrogen) atoms. The maximum atomic E-state index is 13.7. The summed E-state index contributed by atoms with van der Waals surface area (Å²) < 4.78 is 71.4. The minimum atomic E-state index is -4.99. The van der Waals surface area contributed by atoms with Crippen LogP contribution in [0.4, 0.5) is 22.0 Å². The molecule has 0 radical (unpaired) electrons. The minimum Gasteiger partial charge on any atom is -0.464 e. The Kier molecular flexibility index (Phi) is 5.47. The van der Waals surface area contributed by atoms with E-state index < -0.39 is 41.7 Å². The number of ether oxygens (including phenoxy) is 2. The maximum absolute atomic E-state index is 13.7. The minimum absolute atomic E-state index is 0.119. The van der Waals surface area contributed by atoms with Crippen molar-refractivity contribution in [2.24, 2.45) is 5.73 Å². The van der Waals surface area contributed by atoms with Gasteiger partial charge in [-0.15, -0.1) is 13.2 Å². The molecule has 0 heterocycles. The third-order valence-corrected chi connectivity index (χ3v) is 2.39. The van der Waals surface area contributed by atoms with E-state index in [1.165, 1.54) is 6.92 Å². The van der Waals surface area contributed by atoms with Crippen LogP contribution in [0.25, 0.3) is 0 Å². The molecule has 0 spiro atoms. The highest BCUT2D eigenvalue weighted by Gasteiger charge is 2.33. The van der Waals surface area contributed by atoms with Gasteiger partial charge in [0, 0.05) is 5.56 Å². The molecule has 0 aromatic heterocycles. The second-order valence-electron chi connectivity index (χ2n) is 3.91. The SMILES string of the molecule is CCOC(=O)C(F)[C@@H](N)c1cc(OC(F)(F)F)ccc1F. The molecule has 0 saturated carbocycles. The molecule has 9 heteroatoms. The maximum Gasteiger partial charge on any atom is 0.573 e. The van der Waals surface area contributed by atoms with E-state index in [4.69, 9.17) is 5.73 Å². The quantitative estimate of drug-likeness (QED) is 0.670. The predicted octanol–water partition coefficient (Wildman–Crippen LogP) is 2.63. The van der Waals surface area contributed by atoms with Crippen LogP contribution in [-0.2, 0) is 9.53 Å². The van der Waals surface area contributed by atoms with Crippen LogP contribution in [0.2, 0.25) is 0 Å². The summed E-state index contributed by atoms with van der Waals surface area (Å²) >= 11 is 0. The van der Waals surface area contributed by atoms with Crippen LogP contribution in [0.1, 0.15) is 18.5 Å². The van der Waals surface area contributed by atoms with Gasteiger partial charge in [0.25, 0.3) is 0 Å². The van der Waals surface area contributed by atoms with Crippen LogP contribution >= 0.6 is 0 Å². The molecule has 0 saturated heterocycles. The van der Waals surface area contributed by atoms with E-state index in [1.54, 1.807) is 0 Å². The molecule has 0 aliphatic rings. The zero-order valence-electron chi connectivity index (χ0n) is 10.8. The van der Waals surface area contributed by atoms with Crippen molar-refractivity contribution in [1.82, 2.24) is 0 Å². The van der Waals surface area contributed by atoms with Crippen molar-refractivity contribution in [2.45, 2.75) is 25.5 Å².